The minimum absolute atomic E-state index is 0.0543. The molecule has 2 nitrogen and oxygen atoms in total. The summed E-state index contributed by atoms with van der Waals surface area (Å²) in [6, 6.07) is 9.22. The van der Waals surface area contributed by atoms with E-state index in [-0.39, 0.29) is 12.0 Å². The molecule has 0 radical (unpaired) electrons. The van der Waals surface area contributed by atoms with Gasteiger partial charge in [0.15, 0.2) is 5.78 Å². The van der Waals surface area contributed by atoms with Crippen LogP contribution in [-0.4, -0.2) is 12.9 Å². The number of hydrogen-bond donors (Lipinski definition) is 0. The zero-order valence-electron chi connectivity index (χ0n) is 11.2. The molecular formula is C16H14F2O2. The standard InChI is InChI=1S/C16H14F2O2/c1-10-3-8-13(17)15(16(10)18)14(19)9-11-4-6-12(20-2)7-5-11/h3-8H,9H2,1-2H3. The molecular weight excluding hydrogens is 262 g/mol. The number of rotatable bonds is 4. The summed E-state index contributed by atoms with van der Waals surface area (Å²) in [5, 5.41) is 0. The van der Waals surface area contributed by atoms with Crippen molar-refractivity contribution in [3.63, 3.8) is 0 Å². The van der Waals surface area contributed by atoms with Crippen LogP contribution in [0.2, 0.25) is 0 Å². The molecule has 0 aromatic heterocycles. The summed E-state index contributed by atoms with van der Waals surface area (Å²) in [7, 11) is 1.54. The van der Waals surface area contributed by atoms with Crippen molar-refractivity contribution in [3.8, 4) is 5.75 Å². The van der Waals surface area contributed by atoms with E-state index in [1.807, 2.05) is 0 Å². The van der Waals surface area contributed by atoms with Crippen molar-refractivity contribution in [1.82, 2.24) is 0 Å². The molecule has 0 amide bonds. The third-order valence-corrected chi connectivity index (χ3v) is 3.09. The average molecular weight is 276 g/mol. The highest BCUT2D eigenvalue weighted by molar-refractivity contribution is 5.98. The van der Waals surface area contributed by atoms with E-state index in [1.165, 1.54) is 20.1 Å². The second-order valence-electron chi connectivity index (χ2n) is 4.50. The van der Waals surface area contributed by atoms with Crippen LogP contribution < -0.4 is 4.74 Å². The number of halogens is 2. The molecule has 0 aliphatic rings. The Bertz CT molecular complexity index is 634. The second kappa shape index (κ2) is 5.82. The quantitative estimate of drug-likeness (QED) is 0.796. The molecule has 0 N–H and O–H groups in total. The number of carbonyl (C=O) groups is 1. The summed E-state index contributed by atoms with van der Waals surface area (Å²) in [6.07, 6.45) is -0.0543. The van der Waals surface area contributed by atoms with Crippen molar-refractivity contribution in [1.29, 1.82) is 0 Å². The van der Waals surface area contributed by atoms with Gasteiger partial charge in [-0.25, -0.2) is 8.78 Å². The highest BCUT2D eigenvalue weighted by Gasteiger charge is 2.19. The number of hydrogen-bond acceptors (Lipinski definition) is 2. The van der Waals surface area contributed by atoms with Crippen LogP contribution in [0.25, 0.3) is 0 Å². The monoisotopic (exact) mass is 276 g/mol. The molecule has 2 rings (SSSR count). The van der Waals surface area contributed by atoms with Gasteiger partial charge >= 0.3 is 0 Å². The van der Waals surface area contributed by atoms with Crippen molar-refractivity contribution in [2.75, 3.05) is 7.11 Å². The Labute approximate surface area is 116 Å². The number of ketones is 1. The van der Waals surface area contributed by atoms with Gasteiger partial charge in [0.1, 0.15) is 17.4 Å². The molecule has 2 aromatic carbocycles. The van der Waals surface area contributed by atoms with Gasteiger partial charge in [0, 0.05) is 6.42 Å². The third kappa shape index (κ3) is 2.85. The van der Waals surface area contributed by atoms with E-state index in [4.69, 9.17) is 4.74 Å². The van der Waals surface area contributed by atoms with Crippen LogP contribution in [0.1, 0.15) is 21.5 Å². The molecule has 0 aliphatic heterocycles. The van der Waals surface area contributed by atoms with Crippen molar-refractivity contribution >= 4 is 5.78 Å². The van der Waals surface area contributed by atoms with Gasteiger partial charge in [-0.05, 0) is 36.2 Å². The van der Waals surface area contributed by atoms with Gasteiger partial charge < -0.3 is 4.74 Å². The van der Waals surface area contributed by atoms with Crippen molar-refractivity contribution < 1.29 is 18.3 Å². The van der Waals surface area contributed by atoms with Gasteiger partial charge in [0.2, 0.25) is 0 Å². The van der Waals surface area contributed by atoms with Crippen LogP contribution in [-0.2, 0) is 6.42 Å². The lowest BCUT2D eigenvalue weighted by molar-refractivity contribution is 0.0984. The number of Topliss-reactive ketones (excluding diaryl/α,β-unsaturated/α-hetero) is 1. The molecule has 0 bridgehead atoms. The molecule has 104 valence electrons. The lowest BCUT2D eigenvalue weighted by Crippen LogP contribution is -2.10. The second-order valence-corrected chi connectivity index (χ2v) is 4.50. The zero-order valence-corrected chi connectivity index (χ0v) is 11.2. The molecule has 0 saturated heterocycles. The van der Waals surface area contributed by atoms with Gasteiger partial charge in [-0.15, -0.1) is 0 Å². The minimum atomic E-state index is -0.827. The SMILES string of the molecule is COc1ccc(CC(=O)c2c(F)ccc(C)c2F)cc1. The van der Waals surface area contributed by atoms with E-state index in [0.29, 0.717) is 11.3 Å². The van der Waals surface area contributed by atoms with Crippen molar-refractivity contribution in [2.45, 2.75) is 13.3 Å². The predicted molar refractivity (Wildman–Crippen MR) is 72.1 cm³/mol. The Morgan fingerprint density at radius 1 is 1.10 bits per heavy atom. The van der Waals surface area contributed by atoms with Gasteiger partial charge in [0.25, 0.3) is 0 Å². The van der Waals surface area contributed by atoms with E-state index in [2.05, 4.69) is 0 Å². The molecule has 0 atom stereocenters. The van der Waals surface area contributed by atoms with Crippen LogP contribution in [0, 0.1) is 18.6 Å². The van der Waals surface area contributed by atoms with Crippen LogP contribution in [0.15, 0.2) is 36.4 Å². The maximum Gasteiger partial charge on any atom is 0.173 e. The van der Waals surface area contributed by atoms with Gasteiger partial charge in [-0.2, -0.15) is 0 Å². The molecule has 0 heterocycles. The Morgan fingerprint density at radius 3 is 2.35 bits per heavy atom. The van der Waals surface area contributed by atoms with Crippen molar-refractivity contribution in [3.05, 3.63) is 64.7 Å². The summed E-state index contributed by atoms with van der Waals surface area (Å²) >= 11 is 0. The van der Waals surface area contributed by atoms with Crippen LogP contribution in [0.3, 0.4) is 0 Å². The highest BCUT2D eigenvalue weighted by Crippen LogP contribution is 2.19. The number of carbonyl (C=O) groups excluding carboxylic acids is 1. The number of benzene rings is 2. The van der Waals surface area contributed by atoms with E-state index >= 15 is 0 Å². The Balaban J connectivity index is 2.26. The summed E-state index contributed by atoms with van der Waals surface area (Å²) in [6.45, 7) is 1.50. The van der Waals surface area contributed by atoms with E-state index in [0.717, 1.165) is 6.07 Å². The normalized spacial score (nSPS) is 10.4. The topological polar surface area (TPSA) is 26.3 Å². The minimum Gasteiger partial charge on any atom is -0.497 e. The molecule has 0 unspecified atom stereocenters. The fraction of sp³-hybridized carbons (Fsp3) is 0.188. The first kappa shape index (κ1) is 14.2. The van der Waals surface area contributed by atoms with Gasteiger partial charge in [0.05, 0.1) is 12.7 Å². The maximum absolute atomic E-state index is 13.9. The smallest absolute Gasteiger partial charge is 0.173 e. The fourth-order valence-electron chi connectivity index (χ4n) is 1.93. The summed E-state index contributed by atoms with van der Waals surface area (Å²) in [4.78, 5) is 12.1. The third-order valence-electron chi connectivity index (χ3n) is 3.09. The number of aryl methyl sites for hydroxylation is 1. The van der Waals surface area contributed by atoms with E-state index < -0.39 is 23.0 Å². The van der Waals surface area contributed by atoms with Gasteiger partial charge in [-0.1, -0.05) is 18.2 Å². The molecule has 0 saturated carbocycles. The largest absolute Gasteiger partial charge is 0.497 e. The Morgan fingerprint density at radius 2 is 1.75 bits per heavy atom. The summed E-state index contributed by atoms with van der Waals surface area (Å²) in [5.41, 5.74) is 0.460. The lowest BCUT2D eigenvalue weighted by Gasteiger charge is -2.07. The van der Waals surface area contributed by atoms with E-state index in [1.54, 1.807) is 24.3 Å². The first-order valence-electron chi connectivity index (χ1n) is 6.13. The van der Waals surface area contributed by atoms with Gasteiger partial charge in [-0.3, -0.25) is 4.79 Å². The number of methoxy groups -OCH3 is 1. The molecule has 2 aromatic rings. The molecule has 20 heavy (non-hydrogen) atoms. The Hall–Kier alpha value is -2.23. The molecule has 0 fully saturated rings. The van der Waals surface area contributed by atoms with Crippen LogP contribution in [0.5, 0.6) is 5.75 Å². The molecule has 4 heteroatoms. The first-order chi connectivity index (χ1) is 9.52. The van der Waals surface area contributed by atoms with E-state index in [9.17, 15) is 13.6 Å². The van der Waals surface area contributed by atoms with Crippen molar-refractivity contribution in [2.24, 2.45) is 0 Å². The highest BCUT2D eigenvalue weighted by atomic mass is 19.1. The maximum atomic E-state index is 13.9. The molecule has 0 spiro atoms. The predicted octanol–water partition coefficient (Wildman–Crippen LogP) is 3.71. The average Bonchev–Trinajstić information content (AvgIpc) is 2.44. The summed E-state index contributed by atoms with van der Waals surface area (Å²) < 4.78 is 32.5. The zero-order chi connectivity index (χ0) is 14.7. The first-order valence-corrected chi connectivity index (χ1v) is 6.13. The summed E-state index contributed by atoms with van der Waals surface area (Å²) in [5.74, 6) is -1.53. The van der Waals surface area contributed by atoms with Crippen LogP contribution in [0.4, 0.5) is 8.78 Å². The Kier molecular flexibility index (Phi) is 4.13. The molecule has 0 aliphatic carbocycles. The fourth-order valence-corrected chi connectivity index (χ4v) is 1.93. The lowest BCUT2D eigenvalue weighted by atomic mass is 10.00. The van der Waals surface area contributed by atoms with Crippen LogP contribution >= 0.6 is 0 Å². The number of ether oxygens (including phenoxy) is 1.